The first-order valence-electron chi connectivity index (χ1n) is 6.51. The third kappa shape index (κ3) is 1.88. The number of fused-ring (bicyclic) bond motifs is 3. The monoisotopic (exact) mass is 356 g/mol. The summed E-state index contributed by atoms with van der Waals surface area (Å²) in [6.45, 7) is 0. The van der Waals surface area contributed by atoms with Gasteiger partial charge in [-0.25, -0.2) is 13.2 Å². The molecule has 0 fully saturated rings. The molecule has 7 nitrogen and oxygen atoms in total. The van der Waals surface area contributed by atoms with Crippen molar-refractivity contribution in [1.82, 2.24) is 8.87 Å². The van der Waals surface area contributed by atoms with Gasteiger partial charge in [0, 0.05) is 19.5 Å². The van der Waals surface area contributed by atoms with Crippen LogP contribution in [0.3, 0.4) is 0 Å². The molecule has 0 saturated heterocycles. The number of likely N-dealkylation sites (N-methyl/N-ethyl adjacent to an activating group) is 1. The predicted molar refractivity (Wildman–Crippen MR) is 84.4 cm³/mol. The van der Waals surface area contributed by atoms with Gasteiger partial charge >= 0.3 is 5.97 Å². The van der Waals surface area contributed by atoms with Crippen LogP contribution in [0.25, 0.3) is 16.7 Å². The Morgan fingerprint density at radius 2 is 1.96 bits per heavy atom. The standard InChI is InChI=1S/C14H13ClN2O5S/c1-16-8-6-4-5-7(15)9(8)13-10(16)12(18)11(14(19)22-3)17(2)23(13,20)21/h4-6,18H,1-3H3. The van der Waals surface area contributed by atoms with Crippen molar-refractivity contribution in [2.45, 2.75) is 4.90 Å². The average Bonchev–Trinajstić information content (AvgIpc) is 2.81. The molecule has 0 atom stereocenters. The number of aliphatic hydroxyl groups excluding tert-OH is 1. The van der Waals surface area contributed by atoms with E-state index in [0.29, 0.717) is 15.2 Å². The van der Waals surface area contributed by atoms with Crippen molar-refractivity contribution in [2.24, 2.45) is 7.05 Å². The van der Waals surface area contributed by atoms with Gasteiger partial charge in [-0.05, 0) is 12.1 Å². The number of aromatic nitrogens is 1. The third-order valence-corrected chi connectivity index (χ3v) is 6.02. The average molecular weight is 357 g/mol. The molecule has 1 aliphatic heterocycles. The van der Waals surface area contributed by atoms with E-state index in [1.807, 2.05) is 0 Å². The highest BCUT2D eigenvalue weighted by atomic mass is 35.5. The minimum absolute atomic E-state index is 0.00611. The number of carbonyl (C=O) groups is 1. The van der Waals surface area contributed by atoms with Gasteiger partial charge in [0.05, 0.1) is 17.6 Å². The fourth-order valence-electron chi connectivity index (χ4n) is 2.77. The lowest BCUT2D eigenvalue weighted by Gasteiger charge is -2.26. The number of rotatable bonds is 1. The van der Waals surface area contributed by atoms with E-state index in [2.05, 4.69) is 4.74 Å². The smallest absolute Gasteiger partial charge is 0.359 e. The maximum atomic E-state index is 12.9. The number of esters is 1. The Morgan fingerprint density at radius 3 is 2.57 bits per heavy atom. The summed E-state index contributed by atoms with van der Waals surface area (Å²) in [5, 5.41) is 11.0. The molecular formula is C14H13ClN2O5S. The minimum Gasteiger partial charge on any atom is -0.504 e. The fraction of sp³-hybridized carbons (Fsp3) is 0.214. The van der Waals surface area contributed by atoms with Gasteiger partial charge in [0.15, 0.2) is 11.5 Å². The fourth-order valence-corrected chi connectivity index (χ4v) is 4.71. The van der Waals surface area contributed by atoms with Crippen molar-refractivity contribution in [3.63, 3.8) is 0 Å². The number of aryl methyl sites for hydroxylation is 1. The van der Waals surface area contributed by atoms with Gasteiger partial charge in [-0.2, -0.15) is 0 Å². The minimum atomic E-state index is -4.08. The second kappa shape index (κ2) is 4.90. The summed E-state index contributed by atoms with van der Waals surface area (Å²) in [7, 11) is -0.205. The van der Waals surface area contributed by atoms with Crippen molar-refractivity contribution >= 4 is 44.3 Å². The zero-order valence-electron chi connectivity index (χ0n) is 12.5. The molecule has 0 unspecified atom stereocenters. The topological polar surface area (TPSA) is 88.8 Å². The van der Waals surface area contributed by atoms with Crippen molar-refractivity contribution in [1.29, 1.82) is 0 Å². The van der Waals surface area contributed by atoms with Crippen molar-refractivity contribution < 1.29 is 23.1 Å². The summed E-state index contributed by atoms with van der Waals surface area (Å²) in [6, 6.07) is 4.92. The zero-order valence-corrected chi connectivity index (χ0v) is 14.1. The molecule has 23 heavy (non-hydrogen) atoms. The molecule has 1 N–H and O–H groups in total. The van der Waals surface area contributed by atoms with Crippen molar-refractivity contribution in [3.05, 3.63) is 34.6 Å². The highest BCUT2D eigenvalue weighted by Crippen LogP contribution is 2.43. The van der Waals surface area contributed by atoms with Gasteiger partial charge in [-0.15, -0.1) is 0 Å². The van der Waals surface area contributed by atoms with Crippen LogP contribution in [0.5, 0.6) is 0 Å². The maximum absolute atomic E-state index is 12.9. The summed E-state index contributed by atoms with van der Waals surface area (Å²) in [5.74, 6) is -1.42. The molecule has 1 aliphatic rings. The van der Waals surface area contributed by atoms with Crippen LogP contribution in [-0.4, -0.2) is 42.5 Å². The SMILES string of the molecule is COC(=O)C1=C(O)c2c(c3c(Cl)cccc3n2C)S(=O)(=O)N1C. The van der Waals surface area contributed by atoms with Gasteiger partial charge < -0.3 is 14.4 Å². The second-order valence-electron chi connectivity index (χ2n) is 5.03. The summed E-state index contributed by atoms with van der Waals surface area (Å²) >= 11 is 6.17. The Labute approximate surface area is 137 Å². The van der Waals surface area contributed by atoms with Crippen LogP contribution in [0.1, 0.15) is 5.69 Å². The molecule has 9 heteroatoms. The molecule has 0 amide bonds. The lowest BCUT2D eigenvalue weighted by atomic mass is 10.2. The number of sulfonamides is 1. The van der Waals surface area contributed by atoms with E-state index >= 15 is 0 Å². The van der Waals surface area contributed by atoms with Gasteiger partial charge in [0.2, 0.25) is 0 Å². The largest absolute Gasteiger partial charge is 0.504 e. The molecule has 0 radical (unpaired) electrons. The Kier molecular flexibility index (Phi) is 3.35. The summed E-state index contributed by atoms with van der Waals surface area (Å²) < 4.78 is 32.5. The molecule has 1 aromatic carbocycles. The van der Waals surface area contributed by atoms with Crippen LogP contribution < -0.4 is 0 Å². The highest BCUT2D eigenvalue weighted by molar-refractivity contribution is 7.89. The Bertz CT molecular complexity index is 990. The van der Waals surface area contributed by atoms with E-state index in [1.54, 1.807) is 25.2 Å². The van der Waals surface area contributed by atoms with Crippen molar-refractivity contribution in [2.75, 3.05) is 14.2 Å². The van der Waals surface area contributed by atoms with Crippen LogP contribution in [0, 0.1) is 0 Å². The van der Waals surface area contributed by atoms with Crippen LogP contribution in [0.2, 0.25) is 5.02 Å². The van der Waals surface area contributed by atoms with Crippen LogP contribution in [0.4, 0.5) is 0 Å². The molecule has 2 aromatic rings. The summed E-state index contributed by atoms with van der Waals surface area (Å²) in [5.41, 5.74) is 0.0887. The lowest BCUT2D eigenvalue weighted by molar-refractivity contribution is -0.137. The summed E-state index contributed by atoms with van der Waals surface area (Å²) in [6.07, 6.45) is 0. The van der Waals surface area contributed by atoms with Crippen LogP contribution in [-0.2, 0) is 26.6 Å². The molecular weight excluding hydrogens is 344 g/mol. The van der Waals surface area contributed by atoms with E-state index in [-0.39, 0.29) is 15.6 Å². The first-order chi connectivity index (χ1) is 10.7. The normalized spacial score (nSPS) is 16.6. The number of halogens is 1. The molecule has 0 bridgehead atoms. The Hall–Kier alpha value is -2.19. The number of ether oxygens (including phenoxy) is 1. The quantitative estimate of drug-likeness (QED) is 0.788. The predicted octanol–water partition coefficient (Wildman–Crippen LogP) is 1.87. The van der Waals surface area contributed by atoms with Crippen LogP contribution in [0.15, 0.2) is 28.8 Å². The molecule has 0 saturated carbocycles. The third-order valence-electron chi connectivity index (χ3n) is 3.89. The molecule has 1 aromatic heterocycles. The summed E-state index contributed by atoms with van der Waals surface area (Å²) in [4.78, 5) is 11.8. The molecule has 122 valence electrons. The number of benzene rings is 1. The first kappa shape index (κ1) is 15.7. The number of hydrogen-bond donors (Lipinski definition) is 1. The van der Waals surface area contributed by atoms with Gasteiger partial charge in [-0.1, -0.05) is 17.7 Å². The number of hydrogen-bond acceptors (Lipinski definition) is 5. The van der Waals surface area contributed by atoms with Gasteiger partial charge in [0.1, 0.15) is 10.6 Å². The number of carbonyl (C=O) groups excluding carboxylic acids is 1. The lowest BCUT2D eigenvalue weighted by Crippen LogP contribution is -2.35. The molecule has 0 spiro atoms. The highest BCUT2D eigenvalue weighted by Gasteiger charge is 2.42. The second-order valence-corrected chi connectivity index (χ2v) is 7.35. The first-order valence-corrected chi connectivity index (χ1v) is 8.33. The molecule has 2 heterocycles. The number of aliphatic hydroxyl groups is 1. The maximum Gasteiger partial charge on any atom is 0.359 e. The Morgan fingerprint density at radius 1 is 1.30 bits per heavy atom. The van der Waals surface area contributed by atoms with Gasteiger partial charge in [0.25, 0.3) is 10.0 Å². The van der Waals surface area contributed by atoms with E-state index < -0.39 is 27.4 Å². The Balaban J connectivity index is 2.57. The molecule has 0 aliphatic carbocycles. The van der Waals surface area contributed by atoms with Crippen molar-refractivity contribution in [3.8, 4) is 0 Å². The molecule has 3 rings (SSSR count). The van der Waals surface area contributed by atoms with Gasteiger partial charge in [-0.3, -0.25) is 4.31 Å². The van der Waals surface area contributed by atoms with E-state index in [1.165, 1.54) is 11.6 Å². The number of methoxy groups -OCH3 is 1. The van der Waals surface area contributed by atoms with E-state index in [0.717, 1.165) is 7.11 Å². The zero-order chi connectivity index (χ0) is 17.1. The van der Waals surface area contributed by atoms with E-state index in [4.69, 9.17) is 11.6 Å². The van der Waals surface area contributed by atoms with Crippen LogP contribution >= 0.6 is 11.6 Å². The van der Waals surface area contributed by atoms with E-state index in [9.17, 15) is 18.3 Å². The number of nitrogens with zero attached hydrogens (tertiary/aromatic N) is 2.